The number of hydrogen-bond donors (Lipinski definition) is 4. The first-order chi connectivity index (χ1) is 11.5. The third-order valence-corrected chi connectivity index (χ3v) is 3.91. The molecule has 1 aliphatic carbocycles. The van der Waals surface area contributed by atoms with Gasteiger partial charge in [0, 0.05) is 12.6 Å². The fourth-order valence-electron chi connectivity index (χ4n) is 2.55. The van der Waals surface area contributed by atoms with Crippen LogP contribution in [0.5, 0.6) is 0 Å². The molecule has 1 aromatic heterocycles. The molecule has 1 saturated carbocycles. The summed E-state index contributed by atoms with van der Waals surface area (Å²) in [4.78, 5) is 23.7. The molecule has 4 N–H and O–H groups in total. The molecule has 0 saturated heterocycles. The number of carbonyl (C=O) groups excluding carboxylic acids is 2. The number of H-pyrrole nitrogens is 1. The van der Waals surface area contributed by atoms with E-state index in [1.165, 1.54) is 13.8 Å². The van der Waals surface area contributed by atoms with E-state index in [9.17, 15) is 27.9 Å². The molecular weight excluding hydrogens is 343 g/mol. The molecule has 2 amide bonds. The van der Waals surface area contributed by atoms with Crippen LogP contribution in [0.15, 0.2) is 0 Å². The number of nitrogens with one attached hydrogen (secondary N) is 3. The van der Waals surface area contributed by atoms with Crippen molar-refractivity contribution in [3.63, 3.8) is 0 Å². The molecule has 0 aliphatic heterocycles. The van der Waals surface area contributed by atoms with Crippen molar-refractivity contribution in [2.24, 2.45) is 5.92 Å². The predicted molar refractivity (Wildman–Crippen MR) is 79.3 cm³/mol. The van der Waals surface area contributed by atoms with Gasteiger partial charge in [-0.3, -0.25) is 9.59 Å². The van der Waals surface area contributed by atoms with Gasteiger partial charge in [-0.1, -0.05) is 0 Å². The number of amides is 2. The van der Waals surface area contributed by atoms with Crippen LogP contribution in [-0.4, -0.2) is 50.5 Å². The molecule has 1 fully saturated rings. The summed E-state index contributed by atoms with van der Waals surface area (Å²) < 4.78 is 38.1. The van der Waals surface area contributed by atoms with Crippen molar-refractivity contribution in [1.29, 1.82) is 0 Å². The third kappa shape index (κ3) is 5.15. The van der Waals surface area contributed by atoms with Crippen LogP contribution >= 0.6 is 0 Å². The summed E-state index contributed by atoms with van der Waals surface area (Å²) in [5.41, 5.74) is -3.30. The van der Waals surface area contributed by atoms with Gasteiger partial charge in [0.2, 0.25) is 5.91 Å². The maximum absolute atomic E-state index is 12.7. The fourth-order valence-corrected chi connectivity index (χ4v) is 2.55. The monoisotopic (exact) mass is 363 g/mol. The van der Waals surface area contributed by atoms with Crippen molar-refractivity contribution in [3.05, 3.63) is 11.4 Å². The van der Waals surface area contributed by atoms with Gasteiger partial charge in [-0.15, -0.1) is 0 Å². The fraction of sp³-hybridized carbons (Fsp3) is 0.714. The summed E-state index contributed by atoms with van der Waals surface area (Å²) in [6.07, 6.45) is -3.41. The number of hydrogen-bond acceptors (Lipinski definition) is 5. The Kier molecular flexibility index (Phi) is 5.35. The predicted octanol–water partition coefficient (Wildman–Crippen LogP) is 0.609. The van der Waals surface area contributed by atoms with Crippen LogP contribution < -0.4 is 10.6 Å². The highest BCUT2D eigenvalue weighted by Crippen LogP contribution is 2.30. The molecule has 0 unspecified atom stereocenters. The number of rotatable bonds is 6. The van der Waals surface area contributed by atoms with Crippen molar-refractivity contribution in [2.75, 3.05) is 6.54 Å². The highest BCUT2D eigenvalue weighted by atomic mass is 19.4. The van der Waals surface area contributed by atoms with Gasteiger partial charge in [0.15, 0.2) is 11.4 Å². The lowest BCUT2D eigenvalue weighted by molar-refractivity contribution is -0.141. The Hall–Kier alpha value is -2.17. The summed E-state index contributed by atoms with van der Waals surface area (Å²) in [5.74, 6) is -1.38. The van der Waals surface area contributed by atoms with Gasteiger partial charge in [-0.05, 0) is 32.6 Å². The van der Waals surface area contributed by atoms with Crippen LogP contribution in [0.4, 0.5) is 13.2 Å². The van der Waals surface area contributed by atoms with E-state index >= 15 is 0 Å². The molecule has 0 radical (unpaired) electrons. The molecule has 0 aromatic carbocycles. The van der Waals surface area contributed by atoms with Crippen LogP contribution in [0.1, 0.15) is 49.3 Å². The van der Waals surface area contributed by atoms with E-state index in [1.54, 1.807) is 5.21 Å². The Labute approximate surface area is 141 Å². The minimum absolute atomic E-state index is 0.0591. The zero-order valence-corrected chi connectivity index (χ0v) is 13.8. The van der Waals surface area contributed by atoms with E-state index < -0.39 is 29.1 Å². The molecule has 25 heavy (non-hydrogen) atoms. The maximum Gasteiger partial charge on any atom is 0.437 e. The molecule has 1 heterocycles. The van der Waals surface area contributed by atoms with Crippen molar-refractivity contribution >= 4 is 11.8 Å². The largest absolute Gasteiger partial charge is 0.437 e. The maximum atomic E-state index is 12.7. The Morgan fingerprint density at radius 1 is 1.28 bits per heavy atom. The molecule has 1 aromatic rings. The average molecular weight is 363 g/mol. The molecule has 2 atom stereocenters. The Morgan fingerprint density at radius 2 is 1.96 bits per heavy atom. The minimum Gasteiger partial charge on any atom is -0.390 e. The first-order valence-corrected chi connectivity index (χ1v) is 7.75. The number of aromatic nitrogens is 3. The van der Waals surface area contributed by atoms with Crippen LogP contribution in [0.25, 0.3) is 0 Å². The number of carbonyl (C=O) groups is 2. The van der Waals surface area contributed by atoms with Crippen molar-refractivity contribution in [2.45, 2.75) is 50.9 Å². The first-order valence-electron chi connectivity index (χ1n) is 7.75. The summed E-state index contributed by atoms with van der Waals surface area (Å²) in [5, 5.41) is 22.7. The Bertz CT molecular complexity index is 638. The van der Waals surface area contributed by atoms with Gasteiger partial charge in [0.05, 0.1) is 12.0 Å². The van der Waals surface area contributed by atoms with E-state index in [1.807, 2.05) is 0 Å². The normalized spacial score (nSPS) is 20.7. The highest BCUT2D eigenvalue weighted by Gasteiger charge is 2.40. The lowest BCUT2D eigenvalue weighted by atomic mass is 9.79. The highest BCUT2D eigenvalue weighted by molar-refractivity contribution is 5.93. The molecule has 0 bridgehead atoms. The Balaban J connectivity index is 1.85. The van der Waals surface area contributed by atoms with Gasteiger partial charge in [-0.25, -0.2) is 0 Å². The first kappa shape index (κ1) is 19.2. The molecular formula is C14H20F3N5O3. The third-order valence-electron chi connectivity index (χ3n) is 3.91. The van der Waals surface area contributed by atoms with Gasteiger partial charge in [0.25, 0.3) is 5.91 Å². The van der Waals surface area contributed by atoms with Crippen LogP contribution in [0.3, 0.4) is 0 Å². The van der Waals surface area contributed by atoms with Gasteiger partial charge in [-0.2, -0.15) is 28.6 Å². The Morgan fingerprint density at radius 3 is 2.48 bits per heavy atom. The van der Waals surface area contributed by atoms with E-state index in [0.29, 0.717) is 6.42 Å². The lowest BCUT2D eigenvalue weighted by Crippen LogP contribution is -2.51. The van der Waals surface area contributed by atoms with E-state index in [0.717, 1.165) is 6.42 Å². The van der Waals surface area contributed by atoms with Gasteiger partial charge < -0.3 is 15.7 Å². The minimum atomic E-state index is -4.77. The average Bonchev–Trinajstić information content (AvgIpc) is 2.91. The smallest absolute Gasteiger partial charge is 0.390 e. The second-order valence-corrected chi connectivity index (χ2v) is 6.73. The number of nitrogens with zero attached hydrogens (tertiary/aromatic N) is 2. The van der Waals surface area contributed by atoms with E-state index in [-0.39, 0.29) is 30.8 Å². The zero-order chi connectivity index (χ0) is 18.8. The molecule has 140 valence electrons. The summed E-state index contributed by atoms with van der Waals surface area (Å²) in [6.45, 7) is 3.14. The number of halogens is 3. The summed E-state index contributed by atoms with van der Waals surface area (Å²) in [7, 11) is 0. The van der Waals surface area contributed by atoms with Crippen LogP contribution in [0.2, 0.25) is 0 Å². The van der Waals surface area contributed by atoms with E-state index in [2.05, 4.69) is 20.8 Å². The zero-order valence-electron chi connectivity index (χ0n) is 13.8. The quantitative estimate of drug-likeness (QED) is 0.590. The standard InChI is InChI=1S/C14H20F3N5O3/c1-13(2,25)5-9(23)19-8-4-3-7(8)6-18-12(24)10-11(14(15,16)17)21-22-20-10/h7-8,25H,3-6H2,1-2H3,(H,18,24)(H,19,23)(H,20,21,22)/t7-,8+/m0/s1. The SMILES string of the molecule is CC(C)(O)CC(=O)N[C@@H]1CC[C@H]1CNC(=O)c1n[nH]nc1C(F)(F)F. The molecule has 11 heteroatoms. The second kappa shape index (κ2) is 6.98. The lowest BCUT2D eigenvalue weighted by Gasteiger charge is -2.37. The van der Waals surface area contributed by atoms with Gasteiger partial charge in [0.1, 0.15) is 0 Å². The van der Waals surface area contributed by atoms with Crippen molar-refractivity contribution in [1.82, 2.24) is 26.0 Å². The molecule has 1 aliphatic rings. The summed E-state index contributed by atoms with van der Waals surface area (Å²) >= 11 is 0. The van der Waals surface area contributed by atoms with Crippen molar-refractivity contribution in [3.8, 4) is 0 Å². The van der Waals surface area contributed by atoms with Crippen LogP contribution in [-0.2, 0) is 11.0 Å². The van der Waals surface area contributed by atoms with Crippen LogP contribution in [0, 0.1) is 5.92 Å². The number of alkyl halides is 3. The summed E-state index contributed by atoms with van der Waals surface area (Å²) in [6, 6.07) is -0.186. The molecule has 2 rings (SSSR count). The van der Waals surface area contributed by atoms with Crippen molar-refractivity contribution < 1.29 is 27.9 Å². The second-order valence-electron chi connectivity index (χ2n) is 6.73. The van der Waals surface area contributed by atoms with Gasteiger partial charge >= 0.3 is 6.18 Å². The van der Waals surface area contributed by atoms with E-state index in [4.69, 9.17) is 0 Å². The topological polar surface area (TPSA) is 120 Å². The molecule has 0 spiro atoms. The number of aliphatic hydroxyl groups is 1. The molecule has 8 nitrogen and oxygen atoms in total. The number of aromatic amines is 1.